The van der Waals surface area contributed by atoms with Crippen molar-refractivity contribution < 1.29 is 22.7 Å². The first kappa shape index (κ1) is 26.3. The Hall–Kier alpha value is -2.91. The number of likely N-dealkylation sites (N-methyl/N-ethyl adjacent to an activating group) is 2. The van der Waals surface area contributed by atoms with E-state index in [1.165, 1.54) is 17.0 Å². The minimum absolute atomic E-state index is 0.0275. The molecule has 0 bridgehead atoms. The van der Waals surface area contributed by atoms with Crippen LogP contribution in [0.1, 0.15) is 17.5 Å². The third kappa shape index (κ3) is 8.51. The van der Waals surface area contributed by atoms with Gasteiger partial charge in [-0.1, -0.05) is 24.3 Å². The number of carbonyl (C=O) groups excluding carboxylic acids is 2. The lowest BCUT2D eigenvalue weighted by Gasteiger charge is -2.22. The van der Waals surface area contributed by atoms with Crippen LogP contribution in [-0.4, -0.2) is 76.6 Å². The monoisotopic (exact) mass is 475 g/mol. The van der Waals surface area contributed by atoms with Gasteiger partial charge in [-0.05, 0) is 56.6 Å². The van der Waals surface area contributed by atoms with Crippen molar-refractivity contribution in [2.75, 3.05) is 51.9 Å². The molecule has 0 aliphatic heterocycles. The van der Waals surface area contributed by atoms with E-state index in [1.807, 2.05) is 44.0 Å². The fourth-order valence-electron chi connectivity index (χ4n) is 3.24. The molecule has 2 rings (SSSR count). The number of ether oxygens (including phenoxy) is 1. The van der Waals surface area contributed by atoms with Crippen LogP contribution in [0.5, 0.6) is 5.75 Å². The number of nitrogens with zero attached hydrogens (tertiary/aromatic N) is 2. The molecule has 0 spiro atoms. The van der Waals surface area contributed by atoms with Gasteiger partial charge in [-0.25, -0.2) is 8.42 Å². The SMILES string of the molecule is Cc1cccc(C)c1NC(=O)CN(C)C(=O)CN(C)CCCOc1cccc(S(C)(=O)=O)c1. The van der Waals surface area contributed by atoms with Gasteiger partial charge in [0.15, 0.2) is 9.84 Å². The average molecular weight is 476 g/mol. The maximum atomic E-state index is 12.5. The Kier molecular flexibility index (Phi) is 9.43. The molecule has 2 aromatic rings. The van der Waals surface area contributed by atoms with Gasteiger partial charge in [0, 0.05) is 25.5 Å². The van der Waals surface area contributed by atoms with Gasteiger partial charge in [-0.3, -0.25) is 14.5 Å². The summed E-state index contributed by atoms with van der Waals surface area (Å²) >= 11 is 0. The molecule has 0 radical (unpaired) electrons. The van der Waals surface area contributed by atoms with Crippen LogP contribution in [0.3, 0.4) is 0 Å². The van der Waals surface area contributed by atoms with E-state index >= 15 is 0 Å². The van der Waals surface area contributed by atoms with Crippen molar-refractivity contribution in [1.29, 1.82) is 0 Å². The molecule has 2 aromatic carbocycles. The molecule has 2 amide bonds. The number of sulfone groups is 1. The van der Waals surface area contributed by atoms with Gasteiger partial charge in [0.2, 0.25) is 11.8 Å². The van der Waals surface area contributed by atoms with Crippen molar-refractivity contribution in [3.8, 4) is 5.75 Å². The van der Waals surface area contributed by atoms with Crippen molar-refractivity contribution in [3.63, 3.8) is 0 Å². The smallest absolute Gasteiger partial charge is 0.243 e. The second kappa shape index (κ2) is 11.8. The number of para-hydroxylation sites is 1. The average Bonchev–Trinajstić information content (AvgIpc) is 2.73. The van der Waals surface area contributed by atoms with E-state index in [9.17, 15) is 18.0 Å². The van der Waals surface area contributed by atoms with Crippen LogP contribution >= 0.6 is 0 Å². The van der Waals surface area contributed by atoms with Crippen molar-refractivity contribution in [3.05, 3.63) is 53.6 Å². The minimum Gasteiger partial charge on any atom is -0.494 e. The lowest BCUT2D eigenvalue weighted by Crippen LogP contribution is -2.41. The first-order chi connectivity index (χ1) is 15.5. The van der Waals surface area contributed by atoms with Gasteiger partial charge in [0.1, 0.15) is 5.75 Å². The van der Waals surface area contributed by atoms with Gasteiger partial charge < -0.3 is 15.0 Å². The summed E-state index contributed by atoms with van der Waals surface area (Å²) < 4.78 is 28.9. The van der Waals surface area contributed by atoms with Gasteiger partial charge in [-0.15, -0.1) is 0 Å². The molecule has 180 valence electrons. The summed E-state index contributed by atoms with van der Waals surface area (Å²) in [5, 5.41) is 2.89. The van der Waals surface area contributed by atoms with Crippen LogP contribution in [0.25, 0.3) is 0 Å². The van der Waals surface area contributed by atoms with E-state index in [2.05, 4.69) is 5.32 Å². The molecule has 8 nitrogen and oxygen atoms in total. The summed E-state index contributed by atoms with van der Waals surface area (Å²) in [5.41, 5.74) is 2.73. The molecular formula is C24H33N3O5S. The highest BCUT2D eigenvalue weighted by Crippen LogP contribution is 2.19. The molecule has 0 atom stereocenters. The van der Waals surface area contributed by atoms with Crippen molar-refractivity contribution in [1.82, 2.24) is 9.80 Å². The molecule has 0 aromatic heterocycles. The maximum absolute atomic E-state index is 12.5. The van der Waals surface area contributed by atoms with E-state index in [-0.39, 0.29) is 29.8 Å². The second-order valence-electron chi connectivity index (χ2n) is 8.25. The third-order valence-corrected chi connectivity index (χ3v) is 6.25. The zero-order valence-corrected chi connectivity index (χ0v) is 20.7. The van der Waals surface area contributed by atoms with Crippen LogP contribution in [0.2, 0.25) is 0 Å². The Balaban J connectivity index is 1.73. The number of amides is 2. The number of hydrogen-bond donors (Lipinski definition) is 1. The van der Waals surface area contributed by atoms with Crippen LogP contribution in [0.4, 0.5) is 5.69 Å². The fourth-order valence-corrected chi connectivity index (χ4v) is 3.90. The molecule has 33 heavy (non-hydrogen) atoms. The van der Waals surface area contributed by atoms with Gasteiger partial charge in [0.05, 0.1) is 24.6 Å². The number of carbonyl (C=O) groups is 2. The number of benzene rings is 2. The number of rotatable bonds is 11. The molecule has 0 aliphatic carbocycles. The topological polar surface area (TPSA) is 96.0 Å². The summed E-state index contributed by atoms with van der Waals surface area (Å²) in [7, 11) is 0.155. The molecule has 0 saturated carbocycles. The Morgan fingerprint density at radius 2 is 1.64 bits per heavy atom. The molecule has 0 fully saturated rings. The van der Waals surface area contributed by atoms with Crippen LogP contribution in [0.15, 0.2) is 47.4 Å². The minimum atomic E-state index is -3.28. The molecule has 0 heterocycles. The van der Waals surface area contributed by atoms with Crippen molar-refractivity contribution in [2.24, 2.45) is 0 Å². The second-order valence-corrected chi connectivity index (χ2v) is 10.3. The Morgan fingerprint density at radius 1 is 1.00 bits per heavy atom. The van der Waals surface area contributed by atoms with Crippen molar-refractivity contribution in [2.45, 2.75) is 25.2 Å². The molecular weight excluding hydrogens is 442 g/mol. The fraction of sp³-hybridized carbons (Fsp3) is 0.417. The lowest BCUT2D eigenvalue weighted by molar-refractivity contribution is -0.134. The zero-order chi connectivity index (χ0) is 24.6. The van der Waals surface area contributed by atoms with Crippen molar-refractivity contribution >= 4 is 27.3 Å². The Bertz CT molecular complexity index is 1070. The number of hydrogen-bond acceptors (Lipinski definition) is 6. The molecule has 0 unspecified atom stereocenters. The first-order valence-electron chi connectivity index (χ1n) is 10.7. The summed E-state index contributed by atoms with van der Waals surface area (Å²) in [6, 6.07) is 12.2. The Morgan fingerprint density at radius 3 is 2.27 bits per heavy atom. The predicted octanol–water partition coefficient (Wildman–Crippen LogP) is 2.50. The number of nitrogens with one attached hydrogen (secondary N) is 1. The third-order valence-electron chi connectivity index (χ3n) is 5.14. The van der Waals surface area contributed by atoms with Gasteiger partial charge >= 0.3 is 0 Å². The highest BCUT2D eigenvalue weighted by atomic mass is 32.2. The van der Waals surface area contributed by atoms with E-state index in [1.54, 1.807) is 19.2 Å². The maximum Gasteiger partial charge on any atom is 0.243 e. The quantitative estimate of drug-likeness (QED) is 0.502. The lowest BCUT2D eigenvalue weighted by atomic mass is 10.1. The van der Waals surface area contributed by atoms with E-state index in [4.69, 9.17) is 4.74 Å². The molecule has 0 aliphatic rings. The molecule has 9 heteroatoms. The molecule has 1 N–H and O–H groups in total. The number of anilines is 1. The van der Waals surface area contributed by atoms with Crippen LogP contribution in [0, 0.1) is 13.8 Å². The summed E-state index contributed by atoms with van der Waals surface area (Å²) in [5.74, 6) is 0.0952. The van der Waals surface area contributed by atoms with Gasteiger partial charge in [0.25, 0.3) is 0 Å². The standard InChI is InChI=1S/C24H33N3O5S/c1-18-9-6-10-19(2)24(18)25-22(28)16-27(4)23(29)17-26(3)13-8-14-32-20-11-7-12-21(15-20)33(5,30)31/h6-7,9-12,15H,8,13-14,16-17H2,1-5H3,(H,25,28). The number of aryl methyl sites for hydroxylation is 2. The largest absolute Gasteiger partial charge is 0.494 e. The van der Waals surface area contributed by atoms with E-state index < -0.39 is 9.84 Å². The molecule has 0 saturated heterocycles. The van der Waals surface area contributed by atoms with Gasteiger partial charge in [-0.2, -0.15) is 0 Å². The summed E-state index contributed by atoms with van der Waals surface area (Å²) in [4.78, 5) is 28.3. The predicted molar refractivity (Wildman–Crippen MR) is 129 cm³/mol. The highest BCUT2D eigenvalue weighted by Gasteiger charge is 2.16. The van der Waals surface area contributed by atoms with E-state index in [0.29, 0.717) is 25.3 Å². The highest BCUT2D eigenvalue weighted by molar-refractivity contribution is 7.90. The summed E-state index contributed by atoms with van der Waals surface area (Å²) in [6.45, 7) is 5.01. The zero-order valence-electron chi connectivity index (χ0n) is 19.9. The van der Waals surface area contributed by atoms with Crippen LogP contribution < -0.4 is 10.1 Å². The summed E-state index contributed by atoms with van der Waals surface area (Å²) in [6.07, 6.45) is 1.81. The Labute approximate surface area is 196 Å². The first-order valence-corrected chi connectivity index (χ1v) is 12.6. The normalized spacial score (nSPS) is 11.3. The van der Waals surface area contributed by atoms with Crippen LogP contribution in [-0.2, 0) is 19.4 Å². The van der Waals surface area contributed by atoms with E-state index in [0.717, 1.165) is 23.1 Å².